The Morgan fingerprint density at radius 1 is 1.43 bits per heavy atom. The fraction of sp³-hybridized carbons (Fsp3) is 0.400. The lowest BCUT2D eigenvalue weighted by Crippen LogP contribution is -2.33. The van der Waals surface area contributed by atoms with Crippen LogP contribution < -0.4 is 5.56 Å². The van der Waals surface area contributed by atoms with E-state index < -0.39 is 0 Å². The molecule has 0 saturated heterocycles. The summed E-state index contributed by atoms with van der Waals surface area (Å²) in [5.74, 6) is 0.518. The topological polar surface area (TPSA) is 66.1 Å². The molecule has 1 amide bonds. The monoisotopic (exact) mass is 305 g/mol. The Hall–Kier alpha value is -1.95. The summed E-state index contributed by atoms with van der Waals surface area (Å²) in [7, 11) is 0. The third-order valence-electron chi connectivity index (χ3n) is 3.33. The molecule has 0 saturated carbocycles. The van der Waals surface area contributed by atoms with E-state index >= 15 is 0 Å². The van der Waals surface area contributed by atoms with Crippen molar-refractivity contribution in [2.24, 2.45) is 0 Å². The van der Waals surface area contributed by atoms with Crippen molar-refractivity contribution in [3.63, 3.8) is 0 Å². The van der Waals surface area contributed by atoms with E-state index in [1.165, 1.54) is 0 Å². The van der Waals surface area contributed by atoms with Crippen LogP contribution in [0.3, 0.4) is 0 Å². The molecule has 21 heavy (non-hydrogen) atoms. The molecule has 112 valence electrons. The standard InChI is InChI=1S/C15H19N3O2S/c1-4-18(9-12-6-5-7-21-12)14(19)8-13-10(2)16-11(3)17-15(13)20/h5-7H,4,8-9H2,1-3H3,(H,16,17,20). The van der Waals surface area contributed by atoms with Gasteiger partial charge in [0.1, 0.15) is 5.82 Å². The highest BCUT2D eigenvalue weighted by Gasteiger charge is 2.17. The second-order valence-electron chi connectivity index (χ2n) is 4.88. The molecule has 0 spiro atoms. The van der Waals surface area contributed by atoms with Crippen LogP contribution in [0.15, 0.2) is 22.3 Å². The summed E-state index contributed by atoms with van der Waals surface area (Å²) in [6, 6.07) is 3.98. The van der Waals surface area contributed by atoms with Gasteiger partial charge in [-0.25, -0.2) is 4.98 Å². The van der Waals surface area contributed by atoms with E-state index in [2.05, 4.69) is 9.97 Å². The Morgan fingerprint density at radius 2 is 2.19 bits per heavy atom. The van der Waals surface area contributed by atoms with Gasteiger partial charge in [-0.15, -0.1) is 11.3 Å². The van der Waals surface area contributed by atoms with Gasteiger partial charge in [0.05, 0.1) is 13.0 Å². The van der Waals surface area contributed by atoms with E-state index in [9.17, 15) is 9.59 Å². The number of nitrogens with zero attached hydrogens (tertiary/aromatic N) is 2. The molecule has 0 aromatic carbocycles. The smallest absolute Gasteiger partial charge is 0.254 e. The summed E-state index contributed by atoms with van der Waals surface area (Å²) in [6.45, 7) is 6.64. The summed E-state index contributed by atoms with van der Waals surface area (Å²) in [6.07, 6.45) is 0.0909. The Bertz CT molecular complexity index is 677. The average Bonchev–Trinajstić information content (AvgIpc) is 2.92. The summed E-state index contributed by atoms with van der Waals surface area (Å²) in [5.41, 5.74) is 0.854. The molecule has 1 N–H and O–H groups in total. The van der Waals surface area contributed by atoms with Crippen LogP contribution in [0.25, 0.3) is 0 Å². The maximum Gasteiger partial charge on any atom is 0.254 e. The summed E-state index contributed by atoms with van der Waals surface area (Å²) in [5, 5.41) is 1.99. The third-order valence-corrected chi connectivity index (χ3v) is 4.19. The molecule has 0 unspecified atom stereocenters. The molecule has 0 bridgehead atoms. The van der Waals surface area contributed by atoms with Gasteiger partial charge in [-0.1, -0.05) is 6.07 Å². The number of hydrogen-bond donors (Lipinski definition) is 1. The molecule has 0 radical (unpaired) electrons. The average molecular weight is 305 g/mol. The highest BCUT2D eigenvalue weighted by atomic mass is 32.1. The van der Waals surface area contributed by atoms with Crippen molar-refractivity contribution in [3.8, 4) is 0 Å². The summed E-state index contributed by atoms with van der Waals surface area (Å²) in [4.78, 5) is 34.1. The van der Waals surface area contributed by atoms with Crippen LogP contribution in [-0.2, 0) is 17.8 Å². The quantitative estimate of drug-likeness (QED) is 0.919. The van der Waals surface area contributed by atoms with E-state index in [4.69, 9.17) is 0 Å². The van der Waals surface area contributed by atoms with Gasteiger partial charge < -0.3 is 9.88 Å². The van der Waals surface area contributed by atoms with Crippen molar-refractivity contribution in [1.82, 2.24) is 14.9 Å². The van der Waals surface area contributed by atoms with E-state index in [-0.39, 0.29) is 17.9 Å². The minimum absolute atomic E-state index is 0.0508. The van der Waals surface area contributed by atoms with E-state index in [0.29, 0.717) is 30.2 Å². The van der Waals surface area contributed by atoms with Crippen molar-refractivity contribution >= 4 is 17.2 Å². The SMILES string of the molecule is CCN(Cc1cccs1)C(=O)Cc1c(C)nc(C)[nH]c1=O. The molecule has 0 aliphatic heterocycles. The van der Waals surface area contributed by atoms with Gasteiger partial charge in [-0.2, -0.15) is 0 Å². The number of thiophene rings is 1. The van der Waals surface area contributed by atoms with Gasteiger partial charge in [0, 0.05) is 22.7 Å². The number of aromatic amines is 1. The van der Waals surface area contributed by atoms with Gasteiger partial charge in [-0.3, -0.25) is 9.59 Å². The van der Waals surface area contributed by atoms with Crippen molar-refractivity contribution < 1.29 is 4.79 Å². The molecule has 0 aliphatic rings. The lowest BCUT2D eigenvalue weighted by atomic mass is 10.1. The van der Waals surface area contributed by atoms with Gasteiger partial charge in [0.2, 0.25) is 5.91 Å². The number of aryl methyl sites for hydroxylation is 2. The Kier molecular flexibility index (Phi) is 4.90. The van der Waals surface area contributed by atoms with Crippen molar-refractivity contribution in [3.05, 3.63) is 49.8 Å². The summed E-state index contributed by atoms with van der Waals surface area (Å²) >= 11 is 1.62. The Labute approximate surface area is 127 Å². The van der Waals surface area contributed by atoms with E-state index in [1.807, 2.05) is 24.4 Å². The Balaban J connectivity index is 2.14. The van der Waals surface area contributed by atoms with Crippen LogP contribution >= 0.6 is 11.3 Å². The first-order valence-corrected chi connectivity index (χ1v) is 7.75. The normalized spacial score (nSPS) is 10.6. The van der Waals surface area contributed by atoms with Crippen LogP contribution in [0.5, 0.6) is 0 Å². The van der Waals surface area contributed by atoms with Crippen LogP contribution in [0.1, 0.15) is 28.9 Å². The zero-order valence-corrected chi connectivity index (χ0v) is 13.3. The van der Waals surface area contributed by atoms with Crippen molar-refractivity contribution in [2.75, 3.05) is 6.54 Å². The highest BCUT2D eigenvalue weighted by molar-refractivity contribution is 7.09. The van der Waals surface area contributed by atoms with E-state index in [1.54, 1.807) is 30.1 Å². The number of rotatable bonds is 5. The maximum atomic E-state index is 12.4. The number of nitrogens with one attached hydrogen (secondary N) is 1. The number of likely N-dealkylation sites (N-methyl/N-ethyl adjacent to an activating group) is 1. The molecule has 6 heteroatoms. The predicted molar refractivity (Wildman–Crippen MR) is 83.4 cm³/mol. The molecule has 0 aliphatic carbocycles. The van der Waals surface area contributed by atoms with Crippen LogP contribution in [0.4, 0.5) is 0 Å². The molecule has 2 heterocycles. The number of carbonyl (C=O) groups excluding carboxylic acids is 1. The van der Waals surface area contributed by atoms with Gasteiger partial charge in [0.15, 0.2) is 0 Å². The van der Waals surface area contributed by atoms with Crippen molar-refractivity contribution in [2.45, 2.75) is 33.7 Å². The Morgan fingerprint density at radius 3 is 2.76 bits per heavy atom. The molecular formula is C15H19N3O2S. The van der Waals surface area contributed by atoms with Crippen molar-refractivity contribution in [1.29, 1.82) is 0 Å². The first-order chi connectivity index (χ1) is 10.0. The van der Waals surface area contributed by atoms with Gasteiger partial charge >= 0.3 is 0 Å². The number of amides is 1. The number of hydrogen-bond acceptors (Lipinski definition) is 4. The first-order valence-electron chi connectivity index (χ1n) is 6.87. The zero-order chi connectivity index (χ0) is 15.4. The molecular weight excluding hydrogens is 286 g/mol. The molecule has 2 aromatic rings. The largest absolute Gasteiger partial charge is 0.338 e. The lowest BCUT2D eigenvalue weighted by molar-refractivity contribution is -0.130. The highest BCUT2D eigenvalue weighted by Crippen LogP contribution is 2.13. The molecule has 0 fully saturated rings. The van der Waals surface area contributed by atoms with Crippen LogP contribution in [-0.4, -0.2) is 27.3 Å². The van der Waals surface area contributed by atoms with Crippen LogP contribution in [0.2, 0.25) is 0 Å². The molecule has 2 aromatic heterocycles. The second-order valence-corrected chi connectivity index (χ2v) is 5.91. The minimum atomic E-state index is -0.222. The van der Waals surface area contributed by atoms with Gasteiger partial charge in [-0.05, 0) is 32.2 Å². The zero-order valence-electron chi connectivity index (χ0n) is 12.5. The molecule has 5 nitrogen and oxygen atoms in total. The number of H-pyrrole nitrogens is 1. The maximum absolute atomic E-state index is 12.4. The second kappa shape index (κ2) is 6.67. The fourth-order valence-corrected chi connectivity index (χ4v) is 2.91. The third kappa shape index (κ3) is 3.78. The predicted octanol–water partition coefficient (Wildman–Crippen LogP) is 2.04. The summed E-state index contributed by atoms with van der Waals surface area (Å²) < 4.78 is 0. The molecule has 2 rings (SSSR count). The molecule has 0 atom stereocenters. The minimum Gasteiger partial charge on any atom is -0.338 e. The number of aromatic nitrogens is 2. The van der Waals surface area contributed by atoms with E-state index in [0.717, 1.165) is 4.88 Å². The van der Waals surface area contributed by atoms with Gasteiger partial charge in [0.25, 0.3) is 5.56 Å². The number of carbonyl (C=O) groups is 1. The lowest BCUT2D eigenvalue weighted by Gasteiger charge is -2.20. The first kappa shape index (κ1) is 15.4. The van der Waals surface area contributed by atoms with Crippen LogP contribution in [0, 0.1) is 13.8 Å². The fourth-order valence-electron chi connectivity index (χ4n) is 2.19.